The van der Waals surface area contributed by atoms with Gasteiger partial charge in [-0.05, 0) is 31.1 Å². The van der Waals surface area contributed by atoms with Crippen LogP contribution in [0.3, 0.4) is 0 Å². The summed E-state index contributed by atoms with van der Waals surface area (Å²) in [5, 5.41) is 0.395. The van der Waals surface area contributed by atoms with Crippen molar-refractivity contribution in [1.29, 1.82) is 0 Å². The highest BCUT2D eigenvalue weighted by molar-refractivity contribution is 6.20. The number of halogens is 1. The molecule has 0 aromatic heterocycles. The Morgan fingerprint density at radius 3 is 1.59 bits per heavy atom. The van der Waals surface area contributed by atoms with Gasteiger partial charge in [-0.2, -0.15) is 0 Å². The fourth-order valence-electron chi connectivity index (χ4n) is 3.64. The largest absolute Gasteiger partial charge is 0.123 e. The van der Waals surface area contributed by atoms with Crippen LogP contribution < -0.4 is 0 Å². The van der Waals surface area contributed by atoms with Gasteiger partial charge in [-0.1, -0.05) is 48.6 Å². The summed E-state index contributed by atoms with van der Waals surface area (Å²) in [5.74, 6) is 1.20. The molecule has 90 valence electrons. The summed E-state index contributed by atoms with van der Waals surface area (Å²) in [6, 6.07) is 0. The molecule has 0 N–H and O–H groups in total. The highest BCUT2D eigenvalue weighted by atomic mass is 35.5. The Bertz CT molecular complexity index is 338. The number of hydrogen-bond donors (Lipinski definition) is 0. The highest BCUT2D eigenvalue weighted by Gasteiger charge is 2.44. The van der Waals surface area contributed by atoms with Crippen molar-refractivity contribution in [3.8, 4) is 0 Å². The fourth-order valence-corrected chi connectivity index (χ4v) is 3.86. The molecule has 3 aliphatic rings. The van der Waals surface area contributed by atoms with Crippen LogP contribution in [0.4, 0.5) is 0 Å². The maximum Gasteiger partial charge on any atom is 0.0336 e. The third kappa shape index (κ3) is 1.93. The first-order chi connectivity index (χ1) is 8.31. The Morgan fingerprint density at radius 2 is 1.18 bits per heavy atom. The number of allylic oxidation sites excluding steroid dienone is 8. The van der Waals surface area contributed by atoms with E-state index >= 15 is 0 Å². The molecule has 0 aromatic carbocycles. The predicted octanol–water partition coefficient (Wildman–Crippen LogP) is 4.64. The van der Waals surface area contributed by atoms with E-state index in [4.69, 9.17) is 11.6 Å². The van der Waals surface area contributed by atoms with Gasteiger partial charge in [-0.25, -0.2) is 0 Å². The zero-order valence-corrected chi connectivity index (χ0v) is 10.8. The van der Waals surface area contributed by atoms with E-state index < -0.39 is 0 Å². The van der Waals surface area contributed by atoms with Gasteiger partial charge in [0.1, 0.15) is 0 Å². The lowest BCUT2D eigenvalue weighted by Crippen LogP contribution is -2.38. The van der Waals surface area contributed by atoms with Gasteiger partial charge in [-0.15, -0.1) is 11.6 Å². The predicted molar refractivity (Wildman–Crippen MR) is 74.1 cm³/mol. The molecule has 0 heterocycles. The summed E-state index contributed by atoms with van der Waals surface area (Å²) in [5.41, 5.74) is 0.387. The molecule has 0 saturated heterocycles. The Hall–Kier alpha value is -0.750. The number of alkyl halides is 1. The molecule has 0 spiro atoms. The normalized spacial score (nSPS) is 28.5. The second-order valence-electron chi connectivity index (χ2n) is 5.50. The molecule has 1 heteroatoms. The molecule has 3 rings (SSSR count). The molecule has 0 aliphatic heterocycles. The van der Waals surface area contributed by atoms with E-state index in [1.807, 2.05) is 0 Å². The molecule has 0 unspecified atom stereocenters. The smallest absolute Gasteiger partial charge is 0.0336 e. The summed E-state index contributed by atoms with van der Waals surface area (Å²) in [4.78, 5) is 0. The first-order valence-corrected chi connectivity index (χ1v) is 7.09. The molecular formula is C16H19Cl. The van der Waals surface area contributed by atoms with Gasteiger partial charge >= 0.3 is 0 Å². The van der Waals surface area contributed by atoms with E-state index in [-0.39, 0.29) is 0 Å². The van der Waals surface area contributed by atoms with Crippen LogP contribution in [0.2, 0.25) is 0 Å². The molecule has 1 saturated carbocycles. The topological polar surface area (TPSA) is 0 Å². The second-order valence-corrected chi connectivity index (χ2v) is 6.12. The first kappa shape index (κ1) is 11.3. The highest BCUT2D eigenvalue weighted by Crippen LogP contribution is 2.52. The van der Waals surface area contributed by atoms with E-state index in [0.717, 1.165) is 12.8 Å². The Morgan fingerprint density at radius 1 is 0.765 bits per heavy atom. The van der Waals surface area contributed by atoms with Gasteiger partial charge in [0.25, 0.3) is 0 Å². The van der Waals surface area contributed by atoms with Gasteiger partial charge in [-0.3, -0.25) is 0 Å². The van der Waals surface area contributed by atoms with E-state index in [1.165, 1.54) is 12.8 Å². The summed E-state index contributed by atoms with van der Waals surface area (Å²) < 4.78 is 0. The van der Waals surface area contributed by atoms with Gasteiger partial charge in [0.05, 0.1) is 0 Å². The Balaban J connectivity index is 1.89. The summed E-state index contributed by atoms with van der Waals surface area (Å²) in [6.07, 6.45) is 23.1. The molecule has 0 amide bonds. The minimum absolute atomic E-state index is 0.387. The van der Waals surface area contributed by atoms with Crippen LogP contribution in [0.15, 0.2) is 48.6 Å². The van der Waals surface area contributed by atoms with Crippen molar-refractivity contribution in [3.63, 3.8) is 0 Å². The molecule has 0 aromatic rings. The zero-order valence-electron chi connectivity index (χ0n) is 10.1. The lowest BCUT2D eigenvalue weighted by atomic mass is 9.59. The van der Waals surface area contributed by atoms with Crippen molar-refractivity contribution >= 4 is 11.6 Å². The minimum Gasteiger partial charge on any atom is -0.123 e. The summed E-state index contributed by atoms with van der Waals surface area (Å²) >= 11 is 6.29. The van der Waals surface area contributed by atoms with Crippen LogP contribution in [0, 0.1) is 17.3 Å². The third-order valence-corrected chi connectivity index (χ3v) is 5.11. The molecule has 0 bridgehead atoms. The van der Waals surface area contributed by atoms with Crippen molar-refractivity contribution < 1.29 is 0 Å². The molecular weight excluding hydrogens is 228 g/mol. The minimum atomic E-state index is 0.387. The zero-order chi connectivity index (χ0) is 11.7. The van der Waals surface area contributed by atoms with E-state index in [1.54, 1.807) is 0 Å². The summed E-state index contributed by atoms with van der Waals surface area (Å²) in [7, 11) is 0. The van der Waals surface area contributed by atoms with Gasteiger partial charge < -0.3 is 0 Å². The Kier molecular flexibility index (Phi) is 3.00. The van der Waals surface area contributed by atoms with Gasteiger partial charge in [0, 0.05) is 17.2 Å². The van der Waals surface area contributed by atoms with Gasteiger partial charge in [0.15, 0.2) is 0 Å². The monoisotopic (exact) mass is 246 g/mol. The van der Waals surface area contributed by atoms with Crippen LogP contribution >= 0.6 is 11.6 Å². The van der Waals surface area contributed by atoms with Crippen molar-refractivity contribution in [3.05, 3.63) is 48.6 Å². The van der Waals surface area contributed by atoms with E-state index in [9.17, 15) is 0 Å². The molecule has 0 atom stereocenters. The van der Waals surface area contributed by atoms with E-state index in [2.05, 4.69) is 48.6 Å². The standard InChI is InChI=1S/C16H19Cl/c17-15-9-11-16(12-10-15,13-5-1-2-6-13)14-7-3-4-8-14/h1-8,13-15H,9-12H2. The van der Waals surface area contributed by atoms with E-state index in [0.29, 0.717) is 22.6 Å². The quantitative estimate of drug-likeness (QED) is 0.623. The first-order valence-electron chi connectivity index (χ1n) is 6.65. The fraction of sp³-hybridized carbons (Fsp3) is 0.500. The van der Waals surface area contributed by atoms with Crippen LogP contribution in [-0.4, -0.2) is 5.38 Å². The molecule has 3 aliphatic carbocycles. The number of hydrogen-bond acceptors (Lipinski definition) is 0. The summed E-state index contributed by atoms with van der Waals surface area (Å²) in [6.45, 7) is 0. The molecule has 0 nitrogen and oxygen atoms in total. The Labute approximate surface area is 109 Å². The second kappa shape index (κ2) is 4.49. The molecule has 0 radical (unpaired) electrons. The molecule has 1 fully saturated rings. The lowest BCUT2D eigenvalue weighted by Gasteiger charge is -2.45. The van der Waals surface area contributed by atoms with Crippen molar-refractivity contribution in [2.75, 3.05) is 0 Å². The van der Waals surface area contributed by atoms with Crippen LogP contribution in [-0.2, 0) is 0 Å². The average molecular weight is 247 g/mol. The third-order valence-electron chi connectivity index (χ3n) is 4.67. The van der Waals surface area contributed by atoms with Gasteiger partial charge in [0.2, 0.25) is 0 Å². The maximum absolute atomic E-state index is 6.29. The van der Waals surface area contributed by atoms with Crippen LogP contribution in [0.5, 0.6) is 0 Å². The van der Waals surface area contributed by atoms with Crippen LogP contribution in [0.1, 0.15) is 25.7 Å². The van der Waals surface area contributed by atoms with Crippen molar-refractivity contribution in [2.24, 2.45) is 17.3 Å². The average Bonchev–Trinajstić information content (AvgIpc) is 3.04. The van der Waals surface area contributed by atoms with Crippen LogP contribution in [0.25, 0.3) is 0 Å². The maximum atomic E-state index is 6.29. The lowest BCUT2D eigenvalue weighted by molar-refractivity contribution is 0.118. The molecule has 17 heavy (non-hydrogen) atoms. The number of rotatable bonds is 2. The SMILES string of the molecule is ClC1CCC(C2C=CC=C2)(C2C=CC=C2)CC1. The van der Waals surface area contributed by atoms with Crippen molar-refractivity contribution in [2.45, 2.75) is 31.1 Å². The van der Waals surface area contributed by atoms with Crippen molar-refractivity contribution in [1.82, 2.24) is 0 Å².